The number of hydrogen-bond acceptors (Lipinski definition) is 4. The molecule has 2 aromatic rings. The summed E-state index contributed by atoms with van der Waals surface area (Å²) < 4.78 is 32.3. The number of anilines is 2. The van der Waals surface area contributed by atoms with Crippen LogP contribution in [-0.2, 0) is 10.3 Å². The van der Waals surface area contributed by atoms with Crippen LogP contribution in [0.2, 0.25) is 5.02 Å². The summed E-state index contributed by atoms with van der Waals surface area (Å²) in [7, 11) is -4.26. The van der Waals surface area contributed by atoms with Crippen molar-refractivity contribution in [3.63, 3.8) is 0 Å². The van der Waals surface area contributed by atoms with E-state index < -0.39 is 10.3 Å². The molecule has 0 aliphatic carbocycles. The lowest BCUT2D eigenvalue weighted by Gasteiger charge is -2.14. The molecule has 0 spiro atoms. The fourth-order valence-electron chi connectivity index (χ4n) is 2.34. The molecule has 1 aliphatic heterocycles. The van der Waals surface area contributed by atoms with E-state index in [0.29, 0.717) is 5.02 Å². The van der Waals surface area contributed by atoms with E-state index in [4.69, 9.17) is 16.2 Å². The smallest absolute Gasteiger partial charge is 0.269 e. The van der Waals surface area contributed by atoms with E-state index in [-0.39, 0.29) is 5.69 Å². The highest BCUT2D eigenvalue weighted by molar-refractivity contribution is 7.87. The van der Waals surface area contributed by atoms with Crippen LogP contribution in [0.5, 0.6) is 0 Å². The van der Waals surface area contributed by atoms with Gasteiger partial charge in [0, 0.05) is 18.0 Å². The van der Waals surface area contributed by atoms with Crippen LogP contribution >= 0.6 is 11.6 Å². The van der Waals surface area contributed by atoms with Gasteiger partial charge in [-0.3, -0.25) is 14.3 Å². The molecule has 8 heteroatoms. The molecule has 1 aliphatic rings. The molecule has 23 heavy (non-hydrogen) atoms. The quantitative estimate of drug-likeness (QED) is 0.829. The zero-order valence-corrected chi connectivity index (χ0v) is 13.5. The normalized spacial score (nSPS) is 14.7. The number of halogens is 1. The molecule has 3 rings (SSSR count). The second-order valence-electron chi connectivity index (χ2n) is 5.05. The van der Waals surface area contributed by atoms with E-state index in [2.05, 4.69) is 5.10 Å². The van der Waals surface area contributed by atoms with Crippen LogP contribution in [0.15, 0.2) is 53.6 Å². The molecule has 0 atom stereocenters. The van der Waals surface area contributed by atoms with Crippen molar-refractivity contribution in [1.82, 2.24) is 0 Å². The SMILES string of the molecule is O=S(=O)(O)Nc1ccc(N2CCC(c3ccc(Cl)cc3)=N2)cc1. The van der Waals surface area contributed by atoms with Gasteiger partial charge in [-0.25, -0.2) is 0 Å². The summed E-state index contributed by atoms with van der Waals surface area (Å²) in [5.41, 5.74) is 3.13. The summed E-state index contributed by atoms with van der Waals surface area (Å²) in [6, 6.07) is 14.1. The average molecular weight is 352 g/mol. The molecule has 2 aromatic carbocycles. The van der Waals surface area contributed by atoms with Crippen LogP contribution < -0.4 is 9.73 Å². The molecule has 1 heterocycles. The second kappa shape index (κ2) is 6.19. The molecular weight excluding hydrogens is 338 g/mol. The van der Waals surface area contributed by atoms with Gasteiger partial charge in [-0.15, -0.1) is 0 Å². The minimum Gasteiger partial charge on any atom is -0.269 e. The van der Waals surface area contributed by atoms with Crippen molar-refractivity contribution < 1.29 is 13.0 Å². The standard InChI is InChI=1S/C15H14ClN3O3S/c16-12-3-1-11(2-4-12)15-9-10-19(17-15)14-7-5-13(6-8-14)18-23(20,21)22/h1-8,18H,9-10H2,(H,20,21,22). The van der Waals surface area contributed by atoms with Gasteiger partial charge in [0.25, 0.3) is 0 Å². The van der Waals surface area contributed by atoms with Gasteiger partial charge in [-0.2, -0.15) is 13.5 Å². The Labute approximate surface area is 139 Å². The Balaban J connectivity index is 1.76. The summed E-state index contributed by atoms with van der Waals surface area (Å²) in [6.07, 6.45) is 0.812. The minimum absolute atomic E-state index is 0.289. The van der Waals surface area contributed by atoms with Gasteiger partial charge in [0.05, 0.1) is 17.1 Å². The lowest BCUT2D eigenvalue weighted by molar-refractivity contribution is 0.489. The monoisotopic (exact) mass is 351 g/mol. The van der Waals surface area contributed by atoms with E-state index in [9.17, 15) is 8.42 Å². The van der Waals surface area contributed by atoms with Crippen molar-refractivity contribution in [3.05, 3.63) is 59.1 Å². The van der Waals surface area contributed by atoms with Crippen molar-refractivity contribution >= 4 is 39.0 Å². The predicted molar refractivity (Wildman–Crippen MR) is 91.6 cm³/mol. The van der Waals surface area contributed by atoms with Crippen molar-refractivity contribution in [2.45, 2.75) is 6.42 Å². The molecular formula is C15H14ClN3O3S. The van der Waals surface area contributed by atoms with Gasteiger partial charge < -0.3 is 0 Å². The van der Waals surface area contributed by atoms with E-state index >= 15 is 0 Å². The van der Waals surface area contributed by atoms with E-state index in [1.54, 1.807) is 24.3 Å². The van der Waals surface area contributed by atoms with Crippen LogP contribution in [-0.4, -0.2) is 25.2 Å². The van der Waals surface area contributed by atoms with Crippen LogP contribution in [0.4, 0.5) is 11.4 Å². The van der Waals surface area contributed by atoms with Gasteiger partial charge >= 0.3 is 10.3 Å². The third-order valence-electron chi connectivity index (χ3n) is 3.39. The van der Waals surface area contributed by atoms with Gasteiger partial charge in [0.15, 0.2) is 0 Å². The fourth-order valence-corrected chi connectivity index (χ4v) is 2.90. The van der Waals surface area contributed by atoms with E-state index in [1.165, 1.54) is 0 Å². The zero-order valence-electron chi connectivity index (χ0n) is 12.0. The minimum atomic E-state index is -4.26. The maximum atomic E-state index is 10.8. The zero-order chi connectivity index (χ0) is 16.4. The molecule has 0 unspecified atom stereocenters. The maximum absolute atomic E-state index is 10.8. The lowest BCUT2D eigenvalue weighted by atomic mass is 10.1. The van der Waals surface area contributed by atoms with Crippen molar-refractivity contribution in [2.75, 3.05) is 16.3 Å². The maximum Gasteiger partial charge on any atom is 0.357 e. The van der Waals surface area contributed by atoms with E-state index in [0.717, 1.165) is 29.9 Å². The highest BCUT2D eigenvalue weighted by Gasteiger charge is 2.17. The van der Waals surface area contributed by atoms with Crippen molar-refractivity contribution in [2.24, 2.45) is 5.10 Å². The molecule has 2 N–H and O–H groups in total. The Morgan fingerprint density at radius 2 is 1.74 bits per heavy atom. The first kappa shape index (κ1) is 15.8. The third kappa shape index (κ3) is 4.01. The van der Waals surface area contributed by atoms with Crippen LogP contribution in [0.3, 0.4) is 0 Å². The molecule has 0 amide bonds. The first-order chi connectivity index (χ1) is 10.9. The molecule has 0 saturated carbocycles. The highest BCUT2D eigenvalue weighted by Crippen LogP contribution is 2.24. The first-order valence-corrected chi connectivity index (χ1v) is 8.69. The third-order valence-corrected chi connectivity index (χ3v) is 4.14. The van der Waals surface area contributed by atoms with Gasteiger partial charge in [0.1, 0.15) is 0 Å². The first-order valence-electron chi connectivity index (χ1n) is 6.87. The van der Waals surface area contributed by atoms with Crippen molar-refractivity contribution in [1.29, 1.82) is 0 Å². The second-order valence-corrected chi connectivity index (χ2v) is 6.64. The summed E-state index contributed by atoms with van der Waals surface area (Å²) >= 11 is 5.89. The van der Waals surface area contributed by atoms with Gasteiger partial charge in [-0.1, -0.05) is 23.7 Å². The Morgan fingerprint density at radius 1 is 1.09 bits per heavy atom. The molecule has 0 bridgehead atoms. The Bertz CT molecular complexity index is 833. The van der Waals surface area contributed by atoms with E-state index in [1.807, 2.05) is 34.0 Å². The lowest BCUT2D eigenvalue weighted by Crippen LogP contribution is -2.13. The van der Waals surface area contributed by atoms with Gasteiger partial charge in [-0.05, 0) is 42.0 Å². The number of rotatable bonds is 4. The number of hydrogen-bond donors (Lipinski definition) is 2. The largest absolute Gasteiger partial charge is 0.357 e. The molecule has 0 radical (unpaired) electrons. The molecule has 0 saturated heterocycles. The summed E-state index contributed by atoms with van der Waals surface area (Å²) in [4.78, 5) is 0. The summed E-state index contributed by atoms with van der Waals surface area (Å²) in [5, 5.41) is 7.12. The summed E-state index contributed by atoms with van der Waals surface area (Å²) in [6.45, 7) is 0.739. The number of nitrogens with zero attached hydrogens (tertiary/aromatic N) is 2. The molecule has 0 fully saturated rings. The predicted octanol–water partition coefficient (Wildman–Crippen LogP) is 3.17. The van der Waals surface area contributed by atoms with Crippen LogP contribution in [0.25, 0.3) is 0 Å². The highest BCUT2D eigenvalue weighted by atomic mass is 35.5. The Kier molecular flexibility index (Phi) is 4.25. The molecule has 120 valence electrons. The number of nitrogens with one attached hydrogen (secondary N) is 1. The fraction of sp³-hybridized carbons (Fsp3) is 0.133. The Morgan fingerprint density at radius 3 is 2.35 bits per heavy atom. The summed E-state index contributed by atoms with van der Waals surface area (Å²) in [5.74, 6) is 0. The van der Waals surface area contributed by atoms with Crippen LogP contribution in [0, 0.1) is 0 Å². The van der Waals surface area contributed by atoms with Gasteiger partial charge in [0.2, 0.25) is 0 Å². The molecule has 0 aromatic heterocycles. The van der Waals surface area contributed by atoms with Crippen molar-refractivity contribution in [3.8, 4) is 0 Å². The Hall–Kier alpha value is -2.09. The number of benzene rings is 2. The van der Waals surface area contributed by atoms with Crippen LogP contribution in [0.1, 0.15) is 12.0 Å². The number of hydrazone groups is 1. The average Bonchev–Trinajstić information content (AvgIpc) is 2.97. The molecule has 6 nitrogen and oxygen atoms in total. The topological polar surface area (TPSA) is 82.0 Å².